The van der Waals surface area contributed by atoms with Crippen LogP contribution in [0.25, 0.3) is 16.0 Å². The van der Waals surface area contributed by atoms with E-state index in [4.69, 9.17) is 11.1 Å². The second-order valence-electron chi connectivity index (χ2n) is 0.531. The molecule has 0 aromatic heterocycles. The Morgan fingerprint density at radius 2 is 1.78 bits per heavy atom. The smallest absolute Gasteiger partial charge is 0.457 e. The number of carbonyl (C=O) groups excluding carboxylic acids is 1. The molecule has 0 bridgehead atoms. The Morgan fingerprint density at radius 1 is 1.67 bits per heavy atom. The maximum absolute atomic E-state index is 9.36. The molecule has 7 heteroatoms. The predicted octanol–water partition coefficient (Wildman–Crippen LogP) is -1.14. The summed E-state index contributed by atoms with van der Waals surface area (Å²) in [5.74, 6) is 0. The Labute approximate surface area is 68.9 Å². The summed E-state index contributed by atoms with van der Waals surface area (Å²) in [6.07, 6.45) is 0. The number of methoxy groups -OCH3 is 1. The largest absolute Gasteiger partial charge is 1.00 e. The topological polar surface area (TPSA) is 85.0 Å². The molecular formula is C2H3ClLiN3O2. The predicted molar refractivity (Wildman–Crippen MR) is 28.3 cm³/mol. The monoisotopic (exact) mass is 143 g/mol. The van der Waals surface area contributed by atoms with E-state index in [2.05, 4.69) is 16.3 Å². The van der Waals surface area contributed by atoms with Gasteiger partial charge in [0.25, 0.3) is 0 Å². The summed E-state index contributed by atoms with van der Waals surface area (Å²) in [5.41, 5.74) is 12.7. The molecule has 0 spiro atoms. The molecule has 0 saturated carbocycles. The van der Waals surface area contributed by atoms with Crippen molar-refractivity contribution in [2.75, 3.05) is 7.11 Å². The number of rotatable bonds is 0. The van der Waals surface area contributed by atoms with Gasteiger partial charge in [-0.1, -0.05) is 0 Å². The van der Waals surface area contributed by atoms with E-state index in [9.17, 15) is 4.79 Å². The fourth-order valence-electron chi connectivity index (χ4n) is 0. The molecule has 5 nitrogen and oxygen atoms in total. The molecule has 0 aromatic carbocycles. The summed E-state index contributed by atoms with van der Waals surface area (Å²) in [7, 11) is 1.22. The van der Waals surface area contributed by atoms with Gasteiger partial charge >= 0.3 is 24.3 Å². The van der Waals surface area contributed by atoms with Crippen LogP contribution in [0.4, 0.5) is 4.79 Å². The molecule has 0 atom stereocenters. The summed E-state index contributed by atoms with van der Waals surface area (Å²) in [4.78, 5) is 10.9. The van der Waals surface area contributed by atoms with Crippen LogP contribution in [0, 0.1) is 0 Å². The maximum atomic E-state index is 9.36. The van der Waals surface area contributed by atoms with Gasteiger partial charge in [-0.2, -0.15) is 0 Å². The van der Waals surface area contributed by atoms with Gasteiger partial charge in [0.15, 0.2) is 0 Å². The summed E-state index contributed by atoms with van der Waals surface area (Å²) >= 11 is 4.60. The second kappa shape index (κ2) is 15.6. The van der Waals surface area contributed by atoms with Crippen LogP contribution >= 0.6 is 11.6 Å². The third-order valence-corrected chi connectivity index (χ3v) is 0.315. The first-order valence-corrected chi connectivity index (χ1v) is 1.78. The van der Waals surface area contributed by atoms with Gasteiger partial charge in [0.05, 0.1) is 7.11 Å². The molecule has 0 rings (SSSR count). The van der Waals surface area contributed by atoms with Crippen molar-refractivity contribution in [2.45, 2.75) is 0 Å². The quantitative estimate of drug-likeness (QED) is 0.141. The molecule has 0 aliphatic rings. The molecule has 0 unspecified atom stereocenters. The minimum atomic E-state index is -0.773. The molecule has 0 amide bonds. The molecule has 46 valence electrons. The number of hydrogen-bond acceptors (Lipinski definition) is 2. The van der Waals surface area contributed by atoms with Crippen molar-refractivity contribution in [1.82, 2.24) is 0 Å². The standard InChI is InChI=1S/C2H3ClO2.Li.N3/c1-5-2(3)4;;1-3-2/h1H3;;/q;+1;-1. The Morgan fingerprint density at radius 3 is 1.78 bits per heavy atom. The Kier molecular flexibility index (Phi) is 27.6. The van der Waals surface area contributed by atoms with E-state index in [-0.39, 0.29) is 18.9 Å². The molecule has 0 aliphatic heterocycles. The van der Waals surface area contributed by atoms with Gasteiger partial charge in [-0.05, 0) is 0 Å². The molecule has 0 heterocycles. The third-order valence-electron chi connectivity index (χ3n) is 0.160. The van der Waals surface area contributed by atoms with Crippen LogP contribution in [0.2, 0.25) is 0 Å². The van der Waals surface area contributed by atoms with Crippen molar-refractivity contribution in [3.05, 3.63) is 16.0 Å². The summed E-state index contributed by atoms with van der Waals surface area (Å²) in [5, 5.41) is 0. The van der Waals surface area contributed by atoms with Crippen molar-refractivity contribution in [3.8, 4) is 0 Å². The Bertz CT molecular complexity index is 102. The Balaban J connectivity index is -0.0000000800. The second-order valence-corrected chi connectivity index (χ2v) is 0.840. The first kappa shape index (κ1) is 15.9. The van der Waals surface area contributed by atoms with Gasteiger partial charge in [-0.3, -0.25) is 4.91 Å². The van der Waals surface area contributed by atoms with Crippen LogP contribution in [0.1, 0.15) is 0 Å². The van der Waals surface area contributed by atoms with E-state index >= 15 is 0 Å². The zero-order valence-corrected chi connectivity index (χ0v) is 5.79. The first-order chi connectivity index (χ1) is 3.68. The van der Waals surface area contributed by atoms with Gasteiger partial charge in [0, 0.05) is 11.6 Å². The minimum absolute atomic E-state index is 0. The molecule has 0 fully saturated rings. The van der Waals surface area contributed by atoms with Crippen LogP contribution in [0.3, 0.4) is 0 Å². The van der Waals surface area contributed by atoms with Gasteiger partial charge in [0.2, 0.25) is 0 Å². The van der Waals surface area contributed by atoms with Crippen LogP contribution in [-0.2, 0) is 4.74 Å². The van der Waals surface area contributed by atoms with Gasteiger partial charge < -0.3 is 15.8 Å². The van der Waals surface area contributed by atoms with Crippen molar-refractivity contribution in [1.29, 1.82) is 0 Å². The maximum Gasteiger partial charge on any atom is 1.00 e. The molecule has 9 heavy (non-hydrogen) atoms. The van der Waals surface area contributed by atoms with Crippen molar-refractivity contribution < 1.29 is 28.4 Å². The number of halogens is 1. The van der Waals surface area contributed by atoms with Crippen molar-refractivity contribution >= 4 is 17.0 Å². The van der Waals surface area contributed by atoms with Crippen LogP contribution in [0.5, 0.6) is 0 Å². The van der Waals surface area contributed by atoms with Crippen LogP contribution in [0.15, 0.2) is 0 Å². The number of carbonyl (C=O) groups is 1. The third kappa shape index (κ3) is 88.6. The number of ether oxygens (including phenoxy) is 1. The average molecular weight is 143 g/mol. The zero-order chi connectivity index (χ0) is 6.99. The molecular weight excluding hydrogens is 140 g/mol. The van der Waals surface area contributed by atoms with E-state index in [1.807, 2.05) is 0 Å². The van der Waals surface area contributed by atoms with E-state index in [1.54, 1.807) is 0 Å². The minimum Gasteiger partial charge on any atom is -0.457 e. The Hall–Kier alpha value is -0.333. The molecule has 0 N–H and O–H groups in total. The van der Waals surface area contributed by atoms with Crippen molar-refractivity contribution in [3.63, 3.8) is 0 Å². The van der Waals surface area contributed by atoms with Gasteiger partial charge in [-0.15, -0.1) is 0 Å². The van der Waals surface area contributed by atoms with Crippen LogP contribution < -0.4 is 18.9 Å². The molecule has 0 aromatic rings. The normalized spacial score (nSPS) is 4.67. The number of nitrogens with zero attached hydrogens (tertiary/aromatic N) is 3. The zero-order valence-electron chi connectivity index (χ0n) is 5.04. The SMILES string of the molecule is COC(=O)Cl.[Li+].[N-]=[N+]=[N-]. The van der Waals surface area contributed by atoms with Gasteiger partial charge in [-0.25, -0.2) is 4.79 Å². The van der Waals surface area contributed by atoms with E-state index in [0.717, 1.165) is 0 Å². The van der Waals surface area contributed by atoms with Crippen LogP contribution in [-0.4, -0.2) is 12.5 Å². The fraction of sp³-hybridized carbons (Fsp3) is 0.500. The molecule has 0 aliphatic carbocycles. The van der Waals surface area contributed by atoms with Crippen molar-refractivity contribution in [2.24, 2.45) is 0 Å². The molecule has 0 radical (unpaired) electrons. The van der Waals surface area contributed by atoms with E-state index in [0.29, 0.717) is 0 Å². The molecule has 0 saturated heterocycles. The summed E-state index contributed by atoms with van der Waals surface area (Å²) < 4.78 is 3.88. The summed E-state index contributed by atoms with van der Waals surface area (Å²) in [6.45, 7) is 0. The van der Waals surface area contributed by atoms with E-state index in [1.165, 1.54) is 12.0 Å². The number of hydrogen-bond donors (Lipinski definition) is 0. The van der Waals surface area contributed by atoms with E-state index < -0.39 is 5.43 Å². The van der Waals surface area contributed by atoms with Gasteiger partial charge in [0.1, 0.15) is 0 Å². The average Bonchev–Trinajstić information content (AvgIpc) is 1.69. The first-order valence-electron chi connectivity index (χ1n) is 1.41. The summed E-state index contributed by atoms with van der Waals surface area (Å²) in [6, 6.07) is 0. The fourth-order valence-corrected chi connectivity index (χ4v) is 0.